The minimum absolute atomic E-state index is 0.589. The number of hydrogen-bond donors (Lipinski definition) is 1. The van der Waals surface area contributed by atoms with Crippen LogP contribution in [0.1, 0.15) is 32.3 Å². The van der Waals surface area contributed by atoms with Gasteiger partial charge in [0, 0.05) is 37.6 Å². The molecule has 0 amide bonds. The average molecular weight is 247 g/mol. The summed E-state index contributed by atoms with van der Waals surface area (Å²) in [6.07, 6.45) is 6.51. The van der Waals surface area contributed by atoms with Crippen LogP contribution >= 0.6 is 0 Å². The molecule has 0 aromatic carbocycles. The third-order valence-corrected chi connectivity index (χ3v) is 3.68. The van der Waals surface area contributed by atoms with E-state index in [1.165, 1.54) is 18.4 Å². The number of nitrogens with one attached hydrogen (secondary N) is 1. The lowest BCUT2D eigenvalue weighted by Crippen LogP contribution is -2.43. The van der Waals surface area contributed by atoms with Gasteiger partial charge in [-0.05, 0) is 37.4 Å². The van der Waals surface area contributed by atoms with E-state index in [0.29, 0.717) is 12.0 Å². The molecule has 2 rings (SSSR count). The third-order valence-electron chi connectivity index (χ3n) is 3.68. The second-order valence-corrected chi connectivity index (χ2v) is 5.77. The summed E-state index contributed by atoms with van der Waals surface area (Å²) in [5.74, 6) is 0.665. The van der Waals surface area contributed by atoms with Gasteiger partial charge < -0.3 is 5.32 Å². The minimum atomic E-state index is 0.589. The van der Waals surface area contributed by atoms with Crippen molar-refractivity contribution < 1.29 is 0 Å². The first-order valence-corrected chi connectivity index (χ1v) is 6.99. The first-order valence-electron chi connectivity index (χ1n) is 6.99. The fourth-order valence-electron chi connectivity index (χ4n) is 2.37. The zero-order valence-electron chi connectivity index (χ0n) is 11.8. The van der Waals surface area contributed by atoms with E-state index in [1.807, 2.05) is 18.5 Å². The van der Waals surface area contributed by atoms with Crippen LogP contribution < -0.4 is 5.32 Å². The lowest BCUT2D eigenvalue weighted by atomic mass is 10.0. The van der Waals surface area contributed by atoms with Gasteiger partial charge >= 0.3 is 0 Å². The van der Waals surface area contributed by atoms with E-state index in [-0.39, 0.29) is 0 Å². The third kappa shape index (κ3) is 4.07. The van der Waals surface area contributed by atoms with E-state index in [4.69, 9.17) is 0 Å². The Morgan fingerprint density at radius 2 is 2.22 bits per heavy atom. The van der Waals surface area contributed by atoms with Crippen molar-refractivity contribution in [2.75, 3.05) is 13.6 Å². The second kappa shape index (κ2) is 6.30. The van der Waals surface area contributed by atoms with Gasteiger partial charge in [-0.1, -0.05) is 19.9 Å². The molecule has 1 N–H and O–H groups in total. The highest BCUT2D eigenvalue weighted by Crippen LogP contribution is 2.20. The summed E-state index contributed by atoms with van der Waals surface area (Å²) in [6.45, 7) is 6.68. The molecule has 1 aliphatic rings. The predicted molar refractivity (Wildman–Crippen MR) is 75.4 cm³/mol. The Balaban J connectivity index is 1.87. The quantitative estimate of drug-likeness (QED) is 0.801. The summed E-state index contributed by atoms with van der Waals surface area (Å²) in [5.41, 5.74) is 1.29. The summed E-state index contributed by atoms with van der Waals surface area (Å²) >= 11 is 0. The maximum Gasteiger partial charge on any atom is 0.0312 e. The van der Waals surface area contributed by atoms with Crippen molar-refractivity contribution in [2.45, 2.75) is 45.3 Å². The summed E-state index contributed by atoms with van der Waals surface area (Å²) < 4.78 is 0. The van der Waals surface area contributed by atoms with E-state index < -0.39 is 0 Å². The first kappa shape index (κ1) is 13.5. The van der Waals surface area contributed by atoms with E-state index in [1.54, 1.807) is 0 Å². The molecule has 3 nitrogen and oxygen atoms in total. The summed E-state index contributed by atoms with van der Waals surface area (Å²) in [6, 6.07) is 5.54. The highest BCUT2D eigenvalue weighted by Gasteiger charge is 2.24. The standard InChI is InChI=1S/C15H25N3/c1-12(2)15(10-17-14-6-7-14)18(3)11-13-5-4-8-16-9-13/h4-5,8-9,12,14-15,17H,6-7,10-11H2,1-3H3. The summed E-state index contributed by atoms with van der Waals surface area (Å²) in [7, 11) is 2.21. The largest absolute Gasteiger partial charge is 0.312 e. The highest BCUT2D eigenvalue weighted by molar-refractivity contribution is 5.08. The molecule has 0 bridgehead atoms. The van der Waals surface area contributed by atoms with E-state index in [2.05, 4.69) is 42.2 Å². The van der Waals surface area contributed by atoms with Gasteiger partial charge in [-0.2, -0.15) is 0 Å². The Kier molecular flexibility index (Phi) is 4.72. The van der Waals surface area contributed by atoms with Gasteiger partial charge in [-0.15, -0.1) is 0 Å². The van der Waals surface area contributed by atoms with Gasteiger partial charge in [0.15, 0.2) is 0 Å². The van der Waals surface area contributed by atoms with Crippen LogP contribution in [0.3, 0.4) is 0 Å². The maximum atomic E-state index is 4.18. The normalized spacial score (nSPS) is 17.4. The van der Waals surface area contributed by atoms with Crippen LogP contribution in [0.2, 0.25) is 0 Å². The Labute approximate surface area is 111 Å². The van der Waals surface area contributed by atoms with Crippen LogP contribution in [0.25, 0.3) is 0 Å². The molecule has 1 aromatic rings. The Hall–Kier alpha value is -0.930. The molecule has 1 aromatic heterocycles. The van der Waals surface area contributed by atoms with Crippen LogP contribution in [0.4, 0.5) is 0 Å². The summed E-state index contributed by atoms with van der Waals surface area (Å²) in [4.78, 5) is 6.63. The van der Waals surface area contributed by atoms with Gasteiger partial charge in [-0.25, -0.2) is 0 Å². The monoisotopic (exact) mass is 247 g/mol. The molecule has 0 spiro atoms. The number of nitrogens with zero attached hydrogens (tertiary/aromatic N) is 2. The van der Waals surface area contributed by atoms with Crippen LogP contribution in [0.5, 0.6) is 0 Å². The Morgan fingerprint density at radius 1 is 1.44 bits per heavy atom. The van der Waals surface area contributed by atoms with Crippen LogP contribution in [0, 0.1) is 5.92 Å². The van der Waals surface area contributed by atoms with Gasteiger partial charge in [0.25, 0.3) is 0 Å². The van der Waals surface area contributed by atoms with E-state index in [9.17, 15) is 0 Å². The fraction of sp³-hybridized carbons (Fsp3) is 0.667. The van der Waals surface area contributed by atoms with Crippen molar-refractivity contribution in [1.29, 1.82) is 0 Å². The van der Waals surface area contributed by atoms with Gasteiger partial charge in [0.2, 0.25) is 0 Å². The molecule has 3 heteroatoms. The first-order chi connectivity index (χ1) is 8.66. The van der Waals surface area contributed by atoms with E-state index >= 15 is 0 Å². The number of likely N-dealkylation sites (N-methyl/N-ethyl adjacent to an activating group) is 1. The highest BCUT2D eigenvalue weighted by atomic mass is 15.2. The molecular formula is C15H25N3. The molecule has 0 aliphatic heterocycles. The Morgan fingerprint density at radius 3 is 2.78 bits per heavy atom. The van der Waals surface area contributed by atoms with Gasteiger partial charge in [0.05, 0.1) is 0 Å². The summed E-state index contributed by atoms with van der Waals surface area (Å²) in [5, 5.41) is 3.65. The van der Waals surface area contributed by atoms with Crippen molar-refractivity contribution in [2.24, 2.45) is 5.92 Å². The Bertz CT molecular complexity index is 346. The van der Waals surface area contributed by atoms with Crippen molar-refractivity contribution in [1.82, 2.24) is 15.2 Å². The lowest BCUT2D eigenvalue weighted by Gasteiger charge is -2.31. The van der Waals surface area contributed by atoms with Gasteiger partial charge in [0.1, 0.15) is 0 Å². The second-order valence-electron chi connectivity index (χ2n) is 5.77. The van der Waals surface area contributed by atoms with Crippen molar-refractivity contribution in [3.8, 4) is 0 Å². The molecule has 0 saturated heterocycles. The maximum absolute atomic E-state index is 4.18. The zero-order chi connectivity index (χ0) is 13.0. The molecule has 18 heavy (non-hydrogen) atoms. The minimum Gasteiger partial charge on any atom is -0.312 e. The number of aromatic nitrogens is 1. The molecule has 1 aliphatic carbocycles. The van der Waals surface area contributed by atoms with E-state index in [0.717, 1.165) is 19.1 Å². The lowest BCUT2D eigenvalue weighted by molar-refractivity contribution is 0.179. The smallest absolute Gasteiger partial charge is 0.0312 e. The van der Waals surface area contributed by atoms with Crippen molar-refractivity contribution >= 4 is 0 Å². The van der Waals surface area contributed by atoms with Crippen molar-refractivity contribution in [3.63, 3.8) is 0 Å². The molecule has 1 heterocycles. The zero-order valence-corrected chi connectivity index (χ0v) is 11.8. The predicted octanol–water partition coefficient (Wildman–Crippen LogP) is 2.29. The topological polar surface area (TPSA) is 28.2 Å². The average Bonchev–Trinajstić information content (AvgIpc) is 3.14. The molecule has 1 unspecified atom stereocenters. The molecule has 100 valence electrons. The number of pyridine rings is 1. The van der Waals surface area contributed by atoms with Crippen molar-refractivity contribution in [3.05, 3.63) is 30.1 Å². The van der Waals surface area contributed by atoms with Gasteiger partial charge in [-0.3, -0.25) is 9.88 Å². The fourth-order valence-corrected chi connectivity index (χ4v) is 2.37. The number of rotatable bonds is 7. The van der Waals surface area contributed by atoms with Crippen LogP contribution in [0.15, 0.2) is 24.5 Å². The molecule has 1 fully saturated rings. The SMILES string of the molecule is CC(C)C(CNC1CC1)N(C)Cc1cccnc1. The molecule has 1 saturated carbocycles. The van der Waals surface area contributed by atoms with Crippen LogP contribution in [-0.4, -0.2) is 35.6 Å². The molecule has 0 radical (unpaired) electrons. The molecule has 1 atom stereocenters. The number of hydrogen-bond acceptors (Lipinski definition) is 3. The van der Waals surface area contributed by atoms with Crippen LogP contribution in [-0.2, 0) is 6.54 Å². The molecular weight excluding hydrogens is 222 g/mol.